The van der Waals surface area contributed by atoms with E-state index < -0.39 is 0 Å². The summed E-state index contributed by atoms with van der Waals surface area (Å²) in [6, 6.07) is 1.89. The Labute approximate surface area is 100 Å². The smallest absolute Gasteiger partial charge is 0.255 e. The van der Waals surface area contributed by atoms with Crippen LogP contribution in [-0.4, -0.2) is 10.9 Å². The summed E-state index contributed by atoms with van der Waals surface area (Å²) in [5.41, 5.74) is 1.09. The summed E-state index contributed by atoms with van der Waals surface area (Å²) in [5.74, 6) is -0.140. The van der Waals surface area contributed by atoms with Gasteiger partial charge in [-0.1, -0.05) is 11.6 Å². The minimum atomic E-state index is -0.348. The Morgan fingerprint density at radius 3 is 2.86 bits per heavy atom. The average Bonchev–Trinajstić information content (AvgIpc) is 2.21. The molecule has 0 atom stereocenters. The number of aromatic nitrogens is 1. The van der Waals surface area contributed by atoms with Gasteiger partial charge in [-0.3, -0.25) is 4.79 Å². The lowest BCUT2D eigenvalue weighted by atomic mass is 9.96. The Bertz CT molecular complexity index is 431. The summed E-state index contributed by atoms with van der Waals surface area (Å²) in [6.07, 6.45) is 0. The van der Waals surface area contributed by atoms with E-state index >= 15 is 0 Å². The van der Waals surface area contributed by atoms with Gasteiger partial charge in [0, 0.05) is 0 Å². The van der Waals surface area contributed by atoms with E-state index in [0.29, 0.717) is 5.56 Å². The highest BCUT2D eigenvalue weighted by Gasteiger charge is 2.37. The van der Waals surface area contributed by atoms with Gasteiger partial charge >= 0.3 is 0 Å². The first kappa shape index (κ1) is 10.2. The normalized spacial score (nSPS) is 17.9. The van der Waals surface area contributed by atoms with Gasteiger partial charge < -0.3 is 5.32 Å². The van der Waals surface area contributed by atoms with E-state index in [9.17, 15) is 4.79 Å². The molecule has 0 saturated carbocycles. The fourth-order valence-corrected chi connectivity index (χ4v) is 2.58. The van der Waals surface area contributed by atoms with Gasteiger partial charge in [-0.25, -0.2) is 4.98 Å². The fraction of sp³-hybridized carbons (Fsp3) is 0.333. The van der Waals surface area contributed by atoms with E-state index in [1.807, 2.05) is 19.9 Å². The zero-order valence-electron chi connectivity index (χ0n) is 7.69. The molecule has 0 aliphatic carbocycles. The summed E-state index contributed by atoms with van der Waals surface area (Å²) in [6.45, 7) is 3.90. The molecule has 0 saturated heterocycles. The second-order valence-electron chi connectivity index (χ2n) is 3.74. The topological polar surface area (TPSA) is 42.0 Å². The lowest BCUT2D eigenvalue weighted by Crippen LogP contribution is -2.32. The zero-order valence-corrected chi connectivity index (χ0v) is 10.6. The third kappa shape index (κ3) is 1.40. The third-order valence-electron chi connectivity index (χ3n) is 2.27. The van der Waals surface area contributed by atoms with E-state index in [4.69, 9.17) is 11.6 Å². The molecule has 2 heterocycles. The first-order chi connectivity index (χ1) is 6.42. The summed E-state index contributed by atoms with van der Waals surface area (Å²) in [4.78, 5) is 15.6. The van der Waals surface area contributed by atoms with E-state index in [1.165, 1.54) is 0 Å². The molecular weight excluding hydrogens is 314 g/mol. The highest BCUT2D eigenvalue weighted by Crippen LogP contribution is 2.34. The van der Waals surface area contributed by atoms with Crippen molar-refractivity contribution in [3.63, 3.8) is 0 Å². The van der Waals surface area contributed by atoms with Crippen LogP contribution < -0.4 is 5.32 Å². The molecular formula is C9H8ClIN2O. The molecule has 5 heteroatoms. The first-order valence-corrected chi connectivity index (χ1v) is 5.56. The molecule has 0 spiro atoms. The molecule has 0 unspecified atom stereocenters. The SMILES string of the molecule is CC1(C)NC(=O)c2c1cc(I)nc2Cl. The molecule has 1 aromatic heterocycles. The Balaban J connectivity index is 2.75. The standard InChI is InChI=1S/C9H8ClIN2O/c1-9(2)4-3-5(11)12-7(10)6(4)8(14)13-9/h3H,1-2H3,(H,13,14). The molecule has 3 nitrogen and oxygen atoms in total. The minimum absolute atomic E-state index is 0.140. The van der Waals surface area contributed by atoms with E-state index in [-0.39, 0.29) is 16.6 Å². The van der Waals surface area contributed by atoms with Crippen LogP contribution in [0.3, 0.4) is 0 Å². The number of amides is 1. The predicted molar refractivity (Wildman–Crippen MR) is 62.5 cm³/mol. The molecule has 1 aliphatic heterocycles. The van der Waals surface area contributed by atoms with Crippen molar-refractivity contribution in [2.24, 2.45) is 0 Å². The van der Waals surface area contributed by atoms with Gasteiger partial charge in [-0.05, 0) is 48.1 Å². The number of hydrogen-bond acceptors (Lipinski definition) is 2. The molecule has 1 N–H and O–H groups in total. The van der Waals surface area contributed by atoms with Crippen molar-refractivity contribution < 1.29 is 4.79 Å². The van der Waals surface area contributed by atoms with Crippen LogP contribution >= 0.6 is 34.2 Å². The molecule has 1 aliphatic rings. The van der Waals surface area contributed by atoms with Crippen molar-refractivity contribution >= 4 is 40.1 Å². The van der Waals surface area contributed by atoms with Crippen molar-refractivity contribution in [1.82, 2.24) is 10.3 Å². The Hall–Kier alpha value is -0.360. The lowest BCUT2D eigenvalue weighted by Gasteiger charge is -2.18. The highest BCUT2D eigenvalue weighted by atomic mass is 127. The van der Waals surface area contributed by atoms with Crippen LogP contribution in [0.1, 0.15) is 29.8 Å². The maximum atomic E-state index is 11.6. The third-order valence-corrected chi connectivity index (χ3v) is 3.10. The quantitative estimate of drug-likeness (QED) is 0.588. The number of fused-ring (bicyclic) bond motifs is 1. The Morgan fingerprint density at radius 2 is 2.21 bits per heavy atom. The first-order valence-electron chi connectivity index (χ1n) is 4.11. The van der Waals surface area contributed by atoms with E-state index in [1.54, 1.807) is 0 Å². The van der Waals surface area contributed by atoms with E-state index in [2.05, 4.69) is 32.9 Å². The van der Waals surface area contributed by atoms with Crippen LogP contribution in [0.4, 0.5) is 0 Å². The van der Waals surface area contributed by atoms with Crippen LogP contribution in [0.2, 0.25) is 5.15 Å². The van der Waals surface area contributed by atoms with Gasteiger partial charge in [0.15, 0.2) is 0 Å². The summed E-state index contributed by atoms with van der Waals surface area (Å²) < 4.78 is 0.802. The van der Waals surface area contributed by atoms with Gasteiger partial charge in [0.2, 0.25) is 0 Å². The fourth-order valence-electron chi connectivity index (χ4n) is 1.61. The van der Waals surface area contributed by atoms with Gasteiger partial charge in [-0.2, -0.15) is 0 Å². The second-order valence-corrected chi connectivity index (χ2v) is 5.20. The number of rotatable bonds is 0. The van der Waals surface area contributed by atoms with E-state index in [0.717, 1.165) is 9.26 Å². The summed E-state index contributed by atoms with van der Waals surface area (Å²) in [5, 5.41) is 3.15. The van der Waals surface area contributed by atoms with Crippen molar-refractivity contribution in [3.05, 3.63) is 26.0 Å². The maximum Gasteiger partial charge on any atom is 0.255 e. The van der Waals surface area contributed by atoms with Crippen LogP contribution in [0.25, 0.3) is 0 Å². The molecule has 74 valence electrons. The van der Waals surface area contributed by atoms with Gasteiger partial charge in [-0.15, -0.1) is 0 Å². The van der Waals surface area contributed by atoms with Gasteiger partial charge in [0.05, 0.1) is 11.1 Å². The van der Waals surface area contributed by atoms with Crippen LogP contribution in [-0.2, 0) is 5.54 Å². The molecule has 0 fully saturated rings. The monoisotopic (exact) mass is 322 g/mol. The zero-order chi connectivity index (χ0) is 10.5. The number of nitrogens with zero attached hydrogens (tertiary/aromatic N) is 1. The molecule has 2 rings (SSSR count). The van der Waals surface area contributed by atoms with Crippen LogP contribution in [0.5, 0.6) is 0 Å². The lowest BCUT2D eigenvalue weighted by molar-refractivity contribution is 0.0940. The molecule has 1 amide bonds. The molecule has 0 bridgehead atoms. The van der Waals surface area contributed by atoms with Gasteiger partial charge in [0.1, 0.15) is 8.85 Å². The van der Waals surface area contributed by atoms with Crippen molar-refractivity contribution in [3.8, 4) is 0 Å². The number of halogens is 2. The van der Waals surface area contributed by atoms with Crippen LogP contribution in [0, 0.1) is 3.70 Å². The van der Waals surface area contributed by atoms with Gasteiger partial charge in [0.25, 0.3) is 5.91 Å². The Kier molecular flexibility index (Phi) is 2.23. The molecule has 0 radical (unpaired) electrons. The summed E-state index contributed by atoms with van der Waals surface area (Å²) in [7, 11) is 0. The largest absolute Gasteiger partial charge is 0.343 e. The average molecular weight is 323 g/mol. The highest BCUT2D eigenvalue weighted by molar-refractivity contribution is 14.1. The minimum Gasteiger partial charge on any atom is -0.343 e. The summed E-state index contributed by atoms with van der Waals surface area (Å²) >= 11 is 8.01. The molecule has 14 heavy (non-hydrogen) atoms. The van der Waals surface area contributed by atoms with Crippen molar-refractivity contribution in [1.29, 1.82) is 0 Å². The number of carbonyl (C=O) groups excluding carboxylic acids is 1. The van der Waals surface area contributed by atoms with Crippen molar-refractivity contribution in [2.75, 3.05) is 0 Å². The molecule has 1 aromatic rings. The van der Waals surface area contributed by atoms with Crippen LogP contribution in [0.15, 0.2) is 6.07 Å². The number of pyridine rings is 1. The predicted octanol–water partition coefficient (Wildman–Crippen LogP) is 2.32. The number of carbonyl (C=O) groups is 1. The number of hydrogen-bond donors (Lipinski definition) is 1. The number of nitrogens with one attached hydrogen (secondary N) is 1. The maximum absolute atomic E-state index is 11.6. The second kappa shape index (κ2) is 3.06. The Morgan fingerprint density at radius 1 is 1.57 bits per heavy atom. The van der Waals surface area contributed by atoms with Crippen molar-refractivity contribution in [2.45, 2.75) is 19.4 Å². The molecule has 0 aromatic carbocycles.